The lowest BCUT2D eigenvalue weighted by Gasteiger charge is -2.11. The number of benzene rings is 1. The molecular weight excluding hydrogens is 351 g/mol. The van der Waals surface area contributed by atoms with E-state index in [1.165, 1.54) is 30.7 Å². The summed E-state index contributed by atoms with van der Waals surface area (Å²) in [6, 6.07) is 12.6. The van der Waals surface area contributed by atoms with Crippen LogP contribution in [0.5, 0.6) is 0 Å². The van der Waals surface area contributed by atoms with Crippen LogP contribution >= 0.6 is 0 Å². The summed E-state index contributed by atoms with van der Waals surface area (Å²) in [5, 5.41) is 7.93. The maximum atomic E-state index is 13.8. The largest absolute Gasteiger partial charge is 0.467 e. The van der Waals surface area contributed by atoms with Gasteiger partial charge in [0.2, 0.25) is 5.91 Å². The van der Waals surface area contributed by atoms with Crippen LogP contribution in [0.4, 0.5) is 15.9 Å². The molecule has 0 atom stereocenters. The zero-order chi connectivity index (χ0) is 19.1. The van der Waals surface area contributed by atoms with Gasteiger partial charge in [0.15, 0.2) is 0 Å². The molecule has 0 fully saturated rings. The van der Waals surface area contributed by atoms with Gasteiger partial charge in [-0.25, -0.2) is 9.37 Å². The van der Waals surface area contributed by atoms with E-state index in [2.05, 4.69) is 20.9 Å². The van der Waals surface area contributed by atoms with Crippen LogP contribution in [-0.2, 0) is 11.3 Å². The van der Waals surface area contributed by atoms with Crippen LogP contribution in [0, 0.1) is 5.82 Å². The maximum absolute atomic E-state index is 13.8. The van der Waals surface area contributed by atoms with Crippen LogP contribution in [0.25, 0.3) is 0 Å². The topological polar surface area (TPSA) is 96.3 Å². The van der Waals surface area contributed by atoms with E-state index in [1.54, 1.807) is 30.3 Å². The summed E-state index contributed by atoms with van der Waals surface area (Å²) < 4.78 is 18.9. The van der Waals surface area contributed by atoms with E-state index in [-0.39, 0.29) is 36.1 Å². The maximum Gasteiger partial charge on any atom is 0.255 e. The predicted molar refractivity (Wildman–Crippen MR) is 96.8 cm³/mol. The molecule has 0 bridgehead atoms. The van der Waals surface area contributed by atoms with E-state index < -0.39 is 11.7 Å². The van der Waals surface area contributed by atoms with E-state index in [0.717, 1.165) is 0 Å². The van der Waals surface area contributed by atoms with Crippen molar-refractivity contribution in [2.24, 2.45) is 0 Å². The number of halogens is 1. The van der Waals surface area contributed by atoms with Crippen LogP contribution in [0.2, 0.25) is 0 Å². The fraction of sp³-hybridized carbons (Fsp3) is 0.105. The first kappa shape index (κ1) is 18.1. The number of nitrogens with zero attached hydrogens (tertiary/aromatic N) is 1. The predicted octanol–water partition coefficient (Wildman–Crippen LogP) is 2.60. The number of carbonyl (C=O) groups excluding carboxylic acids is 2. The molecule has 0 unspecified atom stereocenters. The summed E-state index contributed by atoms with van der Waals surface area (Å²) in [5.74, 6) is -0.538. The molecule has 2 amide bonds. The van der Waals surface area contributed by atoms with E-state index in [0.29, 0.717) is 5.76 Å². The SMILES string of the molecule is O=C(CNC(=O)c1cccnc1Nc1ccccc1F)NCc1ccco1. The molecule has 3 aromatic rings. The van der Waals surface area contributed by atoms with E-state index >= 15 is 0 Å². The van der Waals surface area contributed by atoms with Crippen LogP contribution < -0.4 is 16.0 Å². The molecule has 3 rings (SSSR count). The first-order valence-electron chi connectivity index (χ1n) is 8.17. The summed E-state index contributed by atoms with van der Waals surface area (Å²) in [7, 11) is 0. The Morgan fingerprint density at radius 3 is 2.67 bits per heavy atom. The molecule has 7 nitrogen and oxygen atoms in total. The van der Waals surface area contributed by atoms with Crippen molar-refractivity contribution in [3.8, 4) is 0 Å². The van der Waals surface area contributed by atoms with Gasteiger partial charge in [-0.15, -0.1) is 0 Å². The van der Waals surface area contributed by atoms with Crippen LogP contribution in [-0.4, -0.2) is 23.3 Å². The number of rotatable bonds is 7. The van der Waals surface area contributed by atoms with Gasteiger partial charge in [-0.05, 0) is 36.4 Å². The van der Waals surface area contributed by atoms with Gasteiger partial charge in [-0.1, -0.05) is 12.1 Å². The minimum Gasteiger partial charge on any atom is -0.467 e. The average Bonchev–Trinajstić information content (AvgIpc) is 3.20. The van der Waals surface area contributed by atoms with Crippen molar-refractivity contribution >= 4 is 23.3 Å². The van der Waals surface area contributed by atoms with Gasteiger partial charge in [0.1, 0.15) is 17.4 Å². The molecular formula is C19H17FN4O3. The highest BCUT2D eigenvalue weighted by atomic mass is 19.1. The lowest BCUT2D eigenvalue weighted by Crippen LogP contribution is -2.36. The van der Waals surface area contributed by atoms with Gasteiger partial charge >= 0.3 is 0 Å². The Morgan fingerprint density at radius 2 is 1.89 bits per heavy atom. The van der Waals surface area contributed by atoms with Gasteiger partial charge < -0.3 is 20.4 Å². The second-order valence-corrected chi connectivity index (χ2v) is 5.54. The van der Waals surface area contributed by atoms with Crippen molar-refractivity contribution < 1.29 is 18.4 Å². The Balaban J connectivity index is 1.60. The number of anilines is 2. The Kier molecular flexibility index (Phi) is 5.78. The number of pyridine rings is 1. The number of nitrogens with one attached hydrogen (secondary N) is 3. The third-order valence-electron chi connectivity index (χ3n) is 3.63. The Labute approximate surface area is 154 Å². The normalized spacial score (nSPS) is 10.3. The van der Waals surface area contributed by atoms with E-state index in [1.807, 2.05) is 0 Å². The number of furan rings is 1. The Hall–Kier alpha value is -3.68. The molecule has 0 saturated carbocycles. The molecule has 0 aliphatic heterocycles. The Bertz CT molecular complexity index is 928. The zero-order valence-corrected chi connectivity index (χ0v) is 14.2. The van der Waals surface area contributed by atoms with E-state index in [4.69, 9.17) is 4.42 Å². The number of amides is 2. The number of hydrogen-bond acceptors (Lipinski definition) is 5. The summed E-state index contributed by atoms with van der Waals surface area (Å²) in [6.07, 6.45) is 2.99. The van der Waals surface area contributed by atoms with Gasteiger partial charge in [0.25, 0.3) is 5.91 Å². The minimum atomic E-state index is -0.505. The molecule has 0 saturated heterocycles. The summed E-state index contributed by atoms with van der Waals surface area (Å²) in [4.78, 5) is 28.3. The van der Waals surface area contributed by atoms with Crippen LogP contribution in [0.15, 0.2) is 65.4 Å². The second kappa shape index (κ2) is 8.61. The number of carbonyl (C=O) groups is 2. The van der Waals surface area contributed by atoms with Gasteiger partial charge in [0.05, 0.1) is 30.6 Å². The number of para-hydroxylation sites is 1. The highest BCUT2D eigenvalue weighted by Gasteiger charge is 2.14. The molecule has 0 spiro atoms. The van der Waals surface area contributed by atoms with Gasteiger partial charge in [-0.3, -0.25) is 9.59 Å². The molecule has 27 heavy (non-hydrogen) atoms. The molecule has 8 heteroatoms. The third kappa shape index (κ3) is 4.91. The quantitative estimate of drug-likeness (QED) is 0.596. The zero-order valence-electron chi connectivity index (χ0n) is 14.2. The monoisotopic (exact) mass is 368 g/mol. The fourth-order valence-electron chi connectivity index (χ4n) is 2.30. The molecule has 138 valence electrons. The highest BCUT2D eigenvalue weighted by molar-refractivity contribution is 6.00. The van der Waals surface area contributed by atoms with Crippen LogP contribution in [0.3, 0.4) is 0 Å². The third-order valence-corrected chi connectivity index (χ3v) is 3.63. The summed E-state index contributed by atoms with van der Waals surface area (Å²) in [5.41, 5.74) is 0.390. The molecule has 3 N–H and O–H groups in total. The standard InChI is InChI=1S/C19H17FN4O3/c20-15-7-1-2-8-16(15)24-18-14(6-3-9-21-18)19(26)23-12-17(25)22-11-13-5-4-10-27-13/h1-10H,11-12H2,(H,21,24)(H,22,25)(H,23,26). The van der Waals surface area contributed by atoms with Crippen molar-refractivity contribution in [1.82, 2.24) is 15.6 Å². The molecule has 0 radical (unpaired) electrons. The first-order valence-corrected chi connectivity index (χ1v) is 8.17. The average molecular weight is 368 g/mol. The lowest BCUT2D eigenvalue weighted by atomic mass is 10.2. The van der Waals surface area contributed by atoms with Crippen molar-refractivity contribution in [2.75, 3.05) is 11.9 Å². The number of aromatic nitrogens is 1. The minimum absolute atomic E-state index is 0.191. The van der Waals surface area contributed by atoms with Crippen molar-refractivity contribution in [1.29, 1.82) is 0 Å². The first-order chi connectivity index (χ1) is 13.1. The molecule has 2 heterocycles. The fourth-order valence-corrected chi connectivity index (χ4v) is 2.30. The molecule has 0 aliphatic carbocycles. The molecule has 2 aromatic heterocycles. The highest BCUT2D eigenvalue weighted by Crippen LogP contribution is 2.20. The van der Waals surface area contributed by atoms with Gasteiger partial charge in [0, 0.05) is 6.20 Å². The van der Waals surface area contributed by atoms with Crippen molar-refractivity contribution in [3.05, 3.63) is 78.1 Å². The van der Waals surface area contributed by atoms with Crippen molar-refractivity contribution in [3.63, 3.8) is 0 Å². The van der Waals surface area contributed by atoms with Gasteiger partial charge in [-0.2, -0.15) is 0 Å². The second-order valence-electron chi connectivity index (χ2n) is 5.54. The van der Waals surface area contributed by atoms with Crippen LogP contribution in [0.1, 0.15) is 16.1 Å². The molecule has 1 aromatic carbocycles. The van der Waals surface area contributed by atoms with E-state index in [9.17, 15) is 14.0 Å². The summed E-state index contributed by atoms with van der Waals surface area (Å²) >= 11 is 0. The summed E-state index contributed by atoms with van der Waals surface area (Å²) in [6.45, 7) is 0.0161. The molecule has 0 aliphatic rings. The number of hydrogen-bond donors (Lipinski definition) is 3. The Morgan fingerprint density at radius 1 is 1.04 bits per heavy atom. The van der Waals surface area contributed by atoms with Crippen molar-refractivity contribution in [2.45, 2.75) is 6.54 Å². The smallest absolute Gasteiger partial charge is 0.255 e. The lowest BCUT2D eigenvalue weighted by molar-refractivity contribution is -0.120.